The number of hydrogen-bond acceptors (Lipinski definition) is 3. The van der Waals surface area contributed by atoms with Gasteiger partial charge in [0.05, 0.1) is 22.3 Å². The third-order valence-electron chi connectivity index (χ3n) is 1.27. The van der Waals surface area contributed by atoms with Crippen LogP contribution >= 0.6 is 27.3 Å². The van der Waals surface area contributed by atoms with Crippen molar-refractivity contribution >= 4 is 27.3 Å². The molecule has 4 heteroatoms. The van der Waals surface area contributed by atoms with E-state index in [0.717, 1.165) is 8.66 Å². The first kappa shape index (κ1) is 8.72. The van der Waals surface area contributed by atoms with Crippen molar-refractivity contribution in [3.05, 3.63) is 20.8 Å². The van der Waals surface area contributed by atoms with Crippen LogP contribution in [0.15, 0.2) is 15.9 Å². The molecule has 58 valence electrons. The molecule has 1 rings (SSSR count). The molecule has 1 atom stereocenters. The van der Waals surface area contributed by atoms with E-state index in [1.807, 2.05) is 18.2 Å². The summed E-state index contributed by atoms with van der Waals surface area (Å²) in [5.41, 5.74) is 5.69. The van der Waals surface area contributed by atoms with Crippen LogP contribution in [0.3, 0.4) is 0 Å². The number of thiophene rings is 1. The second kappa shape index (κ2) is 3.86. The lowest BCUT2D eigenvalue weighted by Gasteiger charge is -2.01. The molecule has 1 unspecified atom stereocenters. The third-order valence-corrected chi connectivity index (χ3v) is 3.03. The van der Waals surface area contributed by atoms with Crippen molar-refractivity contribution in [2.45, 2.75) is 12.5 Å². The molecule has 0 aliphatic carbocycles. The van der Waals surface area contributed by atoms with Crippen molar-refractivity contribution in [1.29, 1.82) is 5.26 Å². The molecule has 0 aromatic carbocycles. The summed E-state index contributed by atoms with van der Waals surface area (Å²) in [6.45, 7) is 0. The van der Waals surface area contributed by atoms with Gasteiger partial charge in [-0.25, -0.2) is 0 Å². The summed E-state index contributed by atoms with van der Waals surface area (Å²) in [5.74, 6) is 0. The van der Waals surface area contributed by atoms with Gasteiger partial charge in [-0.2, -0.15) is 5.26 Å². The van der Waals surface area contributed by atoms with Gasteiger partial charge in [0.15, 0.2) is 0 Å². The SMILES string of the molecule is N#CCC(N)c1ccc(Br)s1. The van der Waals surface area contributed by atoms with Crippen molar-refractivity contribution in [2.75, 3.05) is 0 Å². The van der Waals surface area contributed by atoms with E-state index in [9.17, 15) is 0 Å². The van der Waals surface area contributed by atoms with Gasteiger partial charge in [0.25, 0.3) is 0 Å². The molecular formula is C7H7BrN2S. The van der Waals surface area contributed by atoms with E-state index in [0.29, 0.717) is 6.42 Å². The Balaban J connectivity index is 2.70. The van der Waals surface area contributed by atoms with Crippen LogP contribution in [-0.2, 0) is 0 Å². The van der Waals surface area contributed by atoms with Crippen molar-refractivity contribution in [3.63, 3.8) is 0 Å². The number of nitrogens with zero attached hydrogens (tertiary/aromatic N) is 1. The summed E-state index contributed by atoms with van der Waals surface area (Å²) in [4.78, 5) is 1.05. The molecule has 0 spiro atoms. The lowest BCUT2D eigenvalue weighted by molar-refractivity contribution is 0.765. The molecule has 1 heterocycles. The van der Waals surface area contributed by atoms with Gasteiger partial charge in [-0.1, -0.05) is 0 Å². The van der Waals surface area contributed by atoms with Crippen molar-refractivity contribution < 1.29 is 0 Å². The molecule has 0 radical (unpaired) electrons. The summed E-state index contributed by atoms with van der Waals surface area (Å²) in [7, 11) is 0. The largest absolute Gasteiger partial charge is 0.322 e. The highest BCUT2D eigenvalue weighted by atomic mass is 79.9. The Hall–Kier alpha value is -0.370. The Morgan fingerprint density at radius 1 is 1.73 bits per heavy atom. The Labute approximate surface area is 77.8 Å². The average molecular weight is 231 g/mol. The van der Waals surface area contributed by atoms with E-state index in [1.54, 1.807) is 11.3 Å². The fourth-order valence-electron chi connectivity index (χ4n) is 0.727. The molecule has 0 saturated heterocycles. The number of hydrogen-bond donors (Lipinski definition) is 1. The van der Waals surface area contributed by atoms with Crippen LogP contribution < -0.4 is 5.73 Å². The number of nitriles is 1. The van der Waals surface area contributed by atoms with E-state index < -0.39 is 0 Å². The maximum absolute atomic E-state index is 8.37. The van der Waals surface area contributed by atoms with Crippen LogP contribution in [0.25, 0.3) is 0 Å². The molecule has 0 fully saturated rings. The summed E-state index contributed by atoms with van der Waals surface area (Å²) >= 11 is 4.91. The first-order chi connectivity index (χ1) is 5.24. The first-order valence-corrected chi connectivity index (χ1v) is 4.72. The zero-order chi connectivity index (χ0) is 8.27. The zero-order valence-electron chi connectivity index (χ0n) is 5.75. The van der Waals surface area contributed by atoms with E-state index in [4.69, 9.17) is 11.0 Å². The Kier molecular flexibility index (Phi) is 3.06. The standard InChI is InChI=1S/C7H7BrN2S/c8-7-2-1-6(11-7)5(10)3-4-9/h1-2,5H,3,10H2. The van der Waals surface area contributed by atoms with Gasteiger partial charge >= 0.3 is 0 Å². The molecule has 0 bridgehead atoms. The monoisotopic (exact) mass is 230 g/mol. The Morgan fingerprint density at radius 2 is 2.45 bits per heavy atom. The van der Waals surface area contributed by atoms with Gasteiger partial charge in [0.1, 0.15) is 0 Å². The number of halogens is 1. The molecule has 0 aliphatic rings. The van der Waals surface area contributed by atoms with Crippen molar-refractivity contribution in [2.24, 2.45) is 5.73 Å². The van der Waals surface area contributed by atoms with E-state index in [1.165, 1.54) is 0 Å². The minimum absolute atomic E-state index is 0.128. The van der Waals surface area contributed by atoms with E-state index in [2.05, 4.69) is 15.9 Å². The second-order valence-corrected chi connectivity index (χ2v) is 4.61. The highest BCUT2D eigenvalue weighted by Gasteiger charge is 2.06. The van der Waals surface area contributed by atoms with Crippen LogP contribution in [0.1, 0.15) is 17.3 Å². The lowest BCUT2D eigenvalue weighted by atomic mass is 10.2. The topological polar surface area (TPSA) is 49.8 Å². The molecule has 0 saturated carbocycles. The highest BCUT2D eigenvalue weighted by Crippen LogP contribution is 2.27. The summed E-state index contributed by atoms with van der Waals surface area (Å²) in [6, 6.07) is 5.80. The van der Waals surface area contributed by atoms with Crippen molar-refractivity contribution in [1.82, 2.24) is 0 Å². The van der Waals surface area contributed by atoms with Crippen LogP contribution in [-0.4, -0.2) is 0 Å². The summed E-state index contributed by atoms with van der Waals surface area (Å²) in [5, 5.41) is 8.37. The predicted octanol–water partition coefficient (Wildman–Crippen LogP) is 2.42. The van der Waals surface area contributed by atoms with Crippen LogP contribution in [0.2, 0.25) is 0 Å². The molecule has 11 heavy (non-hydrogen) atoms. The molecule has 2 N–H and O–H groups in total. The van der Waals surface area contributed by atoms with Gasteiger partial charge in [-0.05, 0) is 28.1 Å². The Bertz CT molecular complexity index is 276. The normalized spacial score (nSPS) is 12.5. The molecule has 0 aliphatic heterocycles. The Morgan fingerprint density at radius 3 is 2.91 bits per heavy atom. The highest BCUT2D eigenvalue weighted by molar-refractivity contribution is 9.11. The fraction of sp³-hybridized carbons (Fsp3) is 0.286. The maximum atomic E-state index is 8.37. The molecule has 0 amide bonds. The van der Waals surface area contributed by atoms with Crippen LogP contribution in [0.5, 0.6) is 0 Å². The quantitative estimate of drug-likeness (QED) is 0.849. The van der Waals surface area contributed by atoms with Crippen LogP contribution in [0.4, 0.5) is 0 Å². The predicted molar refractivity (Wildman–Crippen MR) is 49.2 cm³/mol. The smallest absolute Gasteiger partial charge is 0.0701 e. The minimum atomic E-state index is -0.128. The van der Waals surface area contributed by atoms with Crippen molar-refractivity contribution in [3.8, 4) is 6.07 Å². The minimum Gasteiger partial charge on any atom is -0.322 e. The molecule has 1 aromatic heterocycles. The van der Waals surface area contributed by atoms with Crippen LogP contribution in [0, 0.1) is 11.3 Å². The fourth-order valence-corrected chi connectivity index (χ4v) is 2.15. The third kappa shape index (κ3) is 2.29. The van der Waals surface area contributed by atoms with Gasteiger partial charge in [0.2, 0.25) is 0 Å². The first-order valence-electron chi connectivity index (χ1n) is 3.12. The average Bonchev–Trinajstić information content (AvgIpc) is 2.36. The molecule has 1 aromatic rings. The van der Waals surface area contributed by atoms with Gasteiger partial charge in [-0.15, -0.1) is 11.3 Å². The summed E-state index contributed by atoms with van der Waals surface area (Å²) in [6.07, 6.45) is 0.382. The zero-order valence-corrected chi connectivity index (χ0v) is 8.15. The molecule has 2 nitrogen and oxygen atoms in total. The lowest BCUT2D eigenvalue weighted by Crippen LogP contribution is -2.06. The maximum Gasteiger partial charge on any atom is 0.0701 e. The van der Waals surface area contributed by atoms with Gasteiger partial charge in [0, 0.05) is 4.88 Å². The van der Waals surface area contributed by atoms with Gasteiger partial charge in [-0.3, -0.25) is 0 Å². The second-order valence-electron chi connectivity index (χ2n) is 2.11. The number of rotatable bonds is 2. The summed E-state index contributed by atoms with van der Waals surface area (Å²) < 4.78 is 1.06. The van der Waals surface area contributed by atoms with E-state index in [-0.39, 0.29) is 6.04 Å². The van der Waals surface area contributed by atoms with Gasteiger partial charge < -0.3 is 5.73 Å². The number of nitrogens with two attached hydrogens (primary N) is 1. The molecular weight excluding hydrogens is 224 g/mol. The van der Waals surface area contributed by atoms with E-state index >= 15 is 0 Å².